The van der Waals surface area contributed by atoms with E-state index in [2.05, 4.69) is 4.12 Å². The molecule has 0 aliphatic heterocycles. The quantitative estimate of drug-likeness (QED) is 0.451. The Bertz CT molecular complexity index is 81.8. The van der Waals surface area contributed by atoms with Crippen molar-refractivity contribution in [2.45, 2.75) is 0 Å². The fourth-order valence-electron chi connectivity index (χ4n) is 0.153. The van der Waals surface area contributed by atoms with Crippen LogP contribution in [0.4, 0.5) is 0 Å². The summed E-state index contributed by atoms with van der Waals surface area (Å²) in [5.41, 5.74) is 0. The maximum Gasteiger partial charge on any atom is 2.00 e. The normalized spacial score (nSPS) is 10.5. The summed E-state index contributed by atoms with van der Waals surface area (Å²) in [5, 5.41) is 0. The van der Waals surface area contributed by atoms with Gasteiger partial charge >= 0.3 is 50.3 Å². The van der Waals surface area contributed by atoms with E-state index in [9.17, 15) is 28.8 Å². The summed E-state index contributed by atoms with van der Waals surface area (Å²) in [6, 6.07) is 0. The minimum Gasteiger partial charge on any atom is -0.862 e. The van der Waals surface area contributed by atoms with Crippen LogP contribution in [0.25, 0.3) is 0 Å². The molecule has 0 saturated carbocycles. The molecule has 77 valence electrons. The summed E-state index contributed by atoms with van der Waals surface area (Å²) in [4.78, 5) is 56.2. The molecule has 0 bridgehead atoms. The third kappa shape index (κ3) is 22.6. The summed E-state index contributed by atoms with van der Waals surface area (Å²) < 4.78 is 2.57. The van der Waals surface area contributed by atoms with Crippen molar-refractivity contribution in [3.8, 4) is 0 Å². The van der Waals surface area contributed by atoms with Gasteiger partial charge in [-0.1, -0.05) is 0 Å². The molecule has 0 heterocycles. The molecule has 0 spiro atoms. The van der Waals surface area contributed by atoms with Crippen LogP contribution in [0.15, 0.2) is 0 Å². The zero-order chi connectivity index (χ0) is 7.71. The Morgan fingerprint density at radius 3 is 0.750 bits per heavy atom. The van der Waals surface area contributed by atoms with E-state index in [1.165, 1.54) is 0 Å². The summed E-state index contributed by atoms with van der Waals surface area (Å²) in [5.74, 6) is 0. The summed E-state index contributed by atoms with van der Waals surface area (Å²) in [6.07, 6.45) is 0. The Kier molecular flexibility index (Phi) is 15.7. The first kappa shape index (κ1) is 23.5. The topological polar surface area (TPSA) is 148 Å². The Morgan fingerprint density at radius 2 is 0.750 bits per heavy atom. The molecular weight excluding hydrogens is 345 g/mol. The Hall–Kier alpha value is 1.67. The second kappa shape index (κ2) is 8.02. The first-order valence-electron chi connectivity index (χ1n) is 1.63. The van der Waals surface area contributed by atoms with Crippen LogP contribution >= 0.6 is 0 Å². The van der Waals surface area contributed by atoms with Gasteiger partial charge in [0.2, 0.25) is 0 Å². The molecule has 12 heteroatoms. The minimum atomic E-state index is -5.92. The molecule has 0 amide bonds. The van der Waals surface area contributed by atoms with Gasteiger partial charge in [-0.15, -0.1) is 18.1 Å². The molecule has 0 N–H and O–H groups in total. The second-order valence-electron chi connectivity index (χ2n) is 1.10. The predicted octanol–water partition coefficient (Wildman–Crippen LogP) is -7.97. The van der Waals surface area contributed by atoms with Crippen molar-refractivity contribution in [1.82, 2.24) is 0 Å². The van der Waals surface area contributed by atoms with Crippen molar-refractivity contribution in [2.75, 3.05) is 0 Å². The molecule has 0 aromatic rings. The molecule has 0 atom stereocenters. The van der Waals surface area contributed by atoms with Crippen molar-refractivity contribution in [3.63, 3.8) is 0 Å². The Morgan fingerprint density at radius 1 is 0.583 bits per heavy atom. The van der Waals surface area contributed by atoms with Crippen molar-refractivity contribution in [2.24, 2.45) is 0 Å². The van der Waals surface area contributed by atoms with Gasteiger partial charge < -0.3 is 32.9 Å². The van der Waals surface area contributed by atoms with Crippen molar-refractivity contribution in [3.05, 3.63) is 0 Å². The monoisotopic (exact) mass is 345 g/mol. The van der Waals surface area contributed by atoms with Gasteiger partial charge in [-0.05, 0) is 0 Å². The van der Waals surface area contributed by atoms with E-state index in [0.29, 0.717) is 0 Å². The van der Waals surface area contributed by atoms with E-state index in [0.717, 1.165) is 0 Å². The van der Waals surface area contributed by atoms with Gasteiger partial charge in [-0.2, -0.15) is 0 Å². The van der Waals surface area contributed by atoms with Gasteiger partial charge in [0.1, 0.15) is 0 Å². The number of rotatable bonds is 2. The van der Waals surface area contributed by atoms with Crippen LogP contribution < -0.4 is 28.8 Å². The average Bonchev–Trinajstić information content (AvgIpc) is 1.14. The number of hydrogen-bond donors (Lipinski definition) is 0. The second-order valence-corrected chi connectivity index (χ2v) is 3.92. The molecule has 0 aliphatic rings. The minimum absolute atomic E-state index is 0. The average molecular weight is 345 g/mol. The van der Waals surface area contributed by atoms with Gasteiger partial charge in [0, 0.05) is 0 Å². The van der Waals surface area contributed by atoms with Crippen LogP contribution in [-0.2, 0) is 54.5 Å². The zero-order valence-corrected chi connectivity index (χ0v) is 9.98. The molecule has 0 unspecified atom stereocenters. The molecule has 0 aromatic heterocycles. The maximum atomic E-state index is 9.36. The van der Waals surface area contributed by atoms with E-state index in [1.54, 1.807) is 0 Å². The smallest absolute Gasteiger partial charge is 0.862 e. The first-order chi connectivity index (χ1) is 3.71. The van der Waals surface area contributed by atoms with Gasteiger partial charge in [-0.25, -0.2) is 0 Å². The van der Waals surface area contributed by atoms with Gasteiger partial charge in [0.25, 0.3) is 0 Å². The van der Waals surface area contributed by atoms with Crippen LogP contribution in [0.2, 0.25) is 0 Å². The Labute approximate surface area is 101 Å². The van der Waals surface area contributed by atoms with Crippen LogP contribution in [0.5, 0.6) is 0 Å². The van der Waals surface area contributed by atoms with Crippen LogP contribution in [0.1, 0.15) is 0 Å². The Balaban J connectivity index is -0.000000107. The molecule has 0 rings (SSSR count). The van der Waals surface area contributed by atoms with Crippen LogP contribution in [0.3, 0.4) is 0 Å². The molecule has 3 radical (unpaired) electrons. The molecule has 12 heavy (non-hydrogen) atoms. The molecule has 0 saturated heterocycles. The maximum absolute atomic E-state index is 9.36. The zero-order valence-electron chi connectivity index (χ0n) is 4.86. The number of hydrogen-bond acceptors (Lipinski definition) is 7. The molecular formula is Co3O7Si2. The van der Waals surface area contributed by atoms with Gasteiger partial charge in [0.05, 0.1) is 0 Å². The van der Waals surface area contributed by atoms with E-state index in [-0.39, 0.29) is 50.3 Å². The largest absolute Gasteiger partial charge is 2.00 e. The van der Waals surface area contributed by atoms with Crippen LogP contribution in [0, 0.1) is 0 Å². The van der Waals surface area contributed by atoms with Crippen molar-refractivity contribution >= 4 is 18.1 Å². The molecule has 0 aromatic carbocycles. The summed E-state index contributed by atoms with van der Waals surface area (Å²) >= 11 is 0. The summed E-state index contributed by atoms with van der Waals surface area (Å²) in [7, 11) is -11.8. The van der Waals surface area contributed by atoms with Gasteiger partial charge in [0.15, 0.2) is 0 Å². The van der Waals surface area contributed by atoms with E-state index < -0.39 is 18.1 Å². The molecule has 0 aliphatic carbocycles. The van der Waals surface area contributed by atoms with E-state index >= 15 is 0 Å². The molecule has 7 nitrogen and oxygen atoms in total. The summed E-state index contributed by atoms with van der Waals surface area (Å²) in [6.45, 7) is 0. The van der Waals surface area contributed by atoms with E-state index in [4.69, 9.17) is 0 Å². The van der Waals surface area contributed by atoms with Gasteiger partial charge in [-0.3, -0.25) is 0 Å². The predicted molar refractivity (Wildman–Crippen MR) is 12.6 cm³/mol. The fraction of sp³-hybridized carbons (Fsp3) is 0. The molecule has 0 fully saturated rings. The third-order valence-electron chi connectivity index (χ3n) is 0.250. The van der Waals surface area contributed by atoms with Crippen molar-refractivity contribution in [1.29, 1.82) is 0 Å². The van der Waals surface area contributed by atoms with Crippen LogP contribution in [-0.4, -0.2) is 18.1 Å². The first-order valence-corrected chi connectivity index (χ1v) is 4.90. The standard InChI is InChI=1S/3Co.O7Si2/c;;;1-8(2,3)7-9(4,5)6/q3*+2;-6. The van der Waals surface area contributed by atoms with E-state index in [1.807, 2.05) is 0 Å². The van der Waals surface area contributed by atoms with Crippen molar-refractivity contribution < 1.29 is 83.2 Å². The SMILES string of the molecule is [Co+2].[Co+2].[Co+2].[O-][Si]([O-])([O-])O[Si]([O-])([O-])[O-]. The fourth-order valence-corrected chi connectivity index (χ4v) is 1.38. The third-order valence-corrected chi connectivity index (χ3v) is 2.25.